The molecule has 0 saturated carbocycles. The zero-order valence-electron chi connectivity index (χ0n) is 7.55. The fourth-order valence-electron chi connectivity index (χ4n) is 1.30. The van der Waals surface area contributed by atoms with Gasteiger partial charge in [-0.25, -0.2) is 0 Å². The van der Waals surface area contributed by atoms with Gasteiger partial charge in [0.2, 0.25) is 5.91 Å². The monoisotopic (exact) mass is 173 g/mol. The van der Waals surface area contributed by atoms with Gasteiger partial charge >= 0.3 is 0 Å². The molecule has 0 aromatic carbocycles. The molecule has 0 aromatic heterocycles. The third-order valence-electron chi connectivity index (χ3n) is 2.05. The van der Waals surface area contributed by atoms with Gasteiger partial charge in [0.25, 0.3) is 0 Å². The van der Waals surface area contributed by atoms with E-state index in [2.05, 4.69) is 5.32 Å². The Morgan fingerprint density at radius 2 is 2.50 bits per heavy atom. The maximum Gasteiger partial charge on any atom is 0.217 e. The van der Waals surface area contributed by atoms with E-state index in [9.17, 15) is 4.79 Å². The molecule has 1 N–H and O–H groups in total. The molecule has 0 bridgehead atoms. The first kappa shape index (κ1) is 9.48. The van der Waals surface area contributed by atoms with Crippen LogP contribution in [-0.2, 0) is 14.3 Å². The summed E-state index contributed by atoms with van der Waals surface area (Å²) in [6, 6.07) is 0. The van der Waals surface area contributed by atoms with E-state index in [1.54, 1.807) is 7.11 Å². The van der Waals surface area contributed by atoms with Crippen LogP contribution in [0.3, 0.4) is 0 Å². The van der Waals surface area contributed by atoms with Crippen LogP contribution in [0.25, 0.3) is 0 Å². The number of nitrogens with one attached hydrogen (secondary N) is 1. The second-order valence-corrected chi connectivity index (χ2v) is 2.98. The lowest BCUT2D eigenvalue weighted by atomic mass is 10.2. The van der Waals surface area contributed by atoms with Gasteiger partial charge in [-0.15, -0.1) is 0 Å². The number of hydrogen-bond acceptors (Lipinski definition) is 3. The number of carbonyl (C=O) groups is 1. The van der Waals surface area contributed by atoms with Gasteiger partial charge in [0.05, 0.1) is 13.2 Å². The maximum absolute atomic E-state index is 10.6. The lowest BCUT2D eigenvalue weighted by molar-refractivity contribution is -0.190. The van der Waals surface area contributed by atoms with E-state index in [4.69, 9.17) is 9.47 Å². The molecular formula is C8H15NO3. The average Bonchev–Trinajstić information content (AvgIpc) is 2.50. The van der Waals surface area contributed by atoms with Crippen LogP contribution in [0.1, 0.15) is 19.8 Å². The van der Waals surface area contributed by atoms with Crippen LogP contribution in [0, 0.1) is 0 Å². The topological polar surface area (TPSA) is 47.6 Å². The van der Waals surface area contributed by atoms with Crippen LogP contribution in [0.4, 0.5) is 0 Å². The third kappa shape index (κ3) is 2.19. The van der Waals surface area contributed by atoms with Crippen LogP contribution < -0.4 is 5.32 Å². The van der Waals surface area contributed by atoms with Gasteiger partial charge in [-0.05, 0) is 6.42 Å². The number of carbonyl (C=O) groups excluding carboxylic acids is 1. The fourth-order valence-corrected chi connectivity index (χ4v) is 1.30. The smallest absolute Gasteiger partial charge is 0.217 e. The van der Waals surface area contributed by atoms with E-state index >= 15 is 0 Å². The molecule has 12 heavy (non-hydrogen) atoms. The van der Waals surface area contributed by atoms with Gasteiger partial charge in [-0.2, -0.15) is 0 Å². The summed E-state index contributed by atoms with van der Waals surface area (Å²) in [6.45, 7) is 2.64. The van der Waals surface area contributed by atoms with E-state index < -0.39 is 5.79 Å². The number of methoxy groups -OCH3 is 1. The second kappa shape index (κ2) is 3.87. The molecule has 1 heterocycles. The standard InChI is InChI=1S/C8H15NO3/c1-7(10)9-6-8(11-2)4-3-5-12-8/h3-6H2,1-2H3,(H,9,10). The van der Waals surface area contributed by atoms with Gasteiger partial charge in [0.1, 0.15) is 0 Å². The summed E-state index contributed by atoms with van der Waals surface area (Å²) in [5, 5.41) is 2.69. The Balaban J connectivity index is 2.39. The van der Waals surface area contributed by atoms with Gasteiger partial charge < -0.3 is 14.8 Å². The largest absolute Gasteiger partial charge is 0.351 e. The predicted octanol–water partition coefficient (Wildman–Crippen LogP) is 0.276. The summed E-state index contributed by atoms with van der Waals surface area (Å²) in [6.07, 6.45) is 1.84. The van der Waals surface area contributed by atoms with E-state index in [1.807, 2.05) is 0 Å². The Labute approximate surface area is 72.2 Å². The van der Waals surface area contributed by atoms with Gasteiger partial charge in [-0.3, -0.25) is 4.79 Å². The molecule has 70 valence electrons. The molecule has 0 aliphatic carbocycles. The number of ether oxygens (including phenoxy) is 2. The van der Waals surface area contributed by atoms with Crippen molar-refractivity contribution in [3.8, 4) is 0 Å². The minimum absolute atomic E-state index is 0.0538. The summed E-state index contributed by atoms with van der Waals surface area (Å²) in [7, 11) is 1.60. The summed E-state index contributed by atoms with van der Waals surface area (Å²) in [4.78, 5) is 10.6. The highest BCUT2D eigenvalue weighted by molar-refractivity contribution is 5.72. The van der Waals surface area contributed by atoms with E-state index in [-0.39, 0.29) is 5.91 Å². The Morgan fingerprint density at radius 3 is 2.92 bits per heavy atom. The molecule has 1 unspecified atom stereocenters. The zero-order chi connectivity index (χ0) is 9.03. The summed E-state index contributed by atoms with van der Waals surface area (Å²) >= 11 is 0. The number of amides is 1. The van der Waals surface area contributed by atoms with Crippen LogP contribution in [0.5, 0.6) is 0 Å². The van der Waals surface area contributed by atoms with Crippen molar-refractivity contribution in [3.05, 3.63) is 0 Å². The molecule has 1 atom stereocenters. The fraction of sp³-hybridized carbons (Fsp3) is 0.875. The van der Waals surface area contributed by atoms with Gasteiger partial charge in [0.15, 0.2) is 5.79 Å². The Kier molecular flexibility index (Phi) is 3.05. The van der Waals surface area contributed by atoms with Crippen molar-refractivity contribution in [2.24, 2.45) is 0 Å². The van der Waals surface area contributed by atoms with Crippen LogP contribution in [-0.4, -0.2) is 32.0 Å². The minimum atomic E-state index is -0.564. The second-order valence-electron chi connectivity index (χ2n) is 2.98. The predicted molar refractivity (Wildman–Crippen MR) is 43.6 cm³/mol. The Hall–Kier alpha value is -0.610. The first-order valence-electron chi connectivity index (χ1n) is 4.12. The number of hydrogen-bond donors (Lipinski definition) is 1. The SMILES string of the molecule is COC1(CNC(C)=O)CCCO1. The third-order valence-corrected chi connectivity index (χ3v) is 2.05. The molecular weight excluding hydrogens is 158 g/mol. The van der Waals surface area contributed by atoms with Crippen LogP contribution in [0.2, 0.25) is 0 Å². The van der Waals surface area contributed by atoms with Crippen LogP contribution in [0.15, 0.2) is 0 Å². The van der Waals surface area contributed by atoms with Crippen molar-refractivity contribution in [1.82, 2.24) is 5.32 Å². The quantitative estimate of drug-likeness (QED) is 0.666. The average molecular weight is 173 g/mol. The van der Waals surface area contributed by atoms with Crippen LogP contribution >= 0.6 is 0 Å². The molecule has 0 radical (unpaired) electrons. The molecule has 4 nitrogen and oxygen atoms in total. The van der Waals surface area contributed by atoms with E-state index in [1.165, 1.54) is 6.92 Å². The molecule has 1 rings (SSSR count). The highest BCUT2D eigenvalue weighted by Crippen LogP contribution is 2.25. The molecule has 4 heteroatoms. The Morgan fingerprint density at radius 1 is 1.75 bits per heavy atom. The van der Waals surface area contributed by atoms with E-state index in [0.29, 0.717) is 13.2 Å². The molecule has 1 saturated heterocycles. The maximum atomic E-state index is 10.6. The molecule has 1 amide bonds. The number of rotatable bonds is 3. The lowest BCUT2D eigenvalue weighted by Gasteiger charge is -2.26. The minimum Gasteiger partial charge on any atom is -0.351 e. The highest BCUT2D eigenvalue weighted by Gasteiger charge is 2.34. The van der Waals surface area contributed by atoms with Crippen molar-refractivity contribution in [3.63, 3.8) is 0 Å². The first-order valence-corrected chi connectivity index (χ1v) is 4.12. The first-order chi connectivity index (χ1) is 5.68. The molecule has 0 aromatic rings. The zero-order valence-corrected chi connectivity index (χ0v) is 7.55. The van der Waals surface area contributed by atoms with Gasteiger partial charge in [-0.1, -0.05) is 0 Å². The van der Waals surface area contributed by atoms with Gasteiger partial charge in [0, 0.05) is 20.5 Å². The molecule has 0 spiro atoms. The van der Waals surface area contributed by atoms with Crippen molar-refractivity contribution in [1.29, 1.82) is 0 Å². The molecule has 1 aliphatic heterocycles. The normalized spacial score (nSPS) is 28.8. The van der Waals surface area contributed by atoms with E-state index in [0.717, 1.165) is 12.8 Å². The van der Waals surface area contributed by atoms with Crippen molar-refractivity contribution in [2.45, 2.75) is 25.6 Å². The van der Waals surface area contributed by atoms with Crippen molar-refractivity contribution < 1.29 is 14.3 Å². The highest BCUT2D eigenvalue weighted by atomic mass is 16.7. The lowest BCUT2D eigenvalue weighted by Crippen LogP contribution is -2.43. The molecule has 1 aliphatic rings. The summed E-state index contributed by atoms with van der Waals surface area (Å²) in [5.74, 6) is -0.618. The summed E-state index contributed by atoms with van der Waals surface area (Å²) in [5.41, 5.74) is 0. The van der Waals surface area contributed by atoms with Crippen molar-refractivity contribution >= 4 is 5.91 Å². The summed E-state index contributed by atoms with van der Waals surface area (Å²) < 4.78 is 10.6. The molecule has 1 fully saturated rings. The van der Waals surface area contributed by atoms with Crippen molar-refractivity contribution in [2.75, 3.05) is 20.3 Å². The Bertz CT molecular complexity index is 164.